The van der Waals surface area contributed by atoms with Crippen molar-refractivity contribution in [2.45, 2.75) is 32.1 Å². The summed E-state index contributed by atoms with van der Waals surface area (Å²) in [5.74, 6) is -0.222. The number of non-ortho nitro benzene ring substituents is 1. The van der Waals surface area contributed by atoms with E-state index in [2.05, 4.69) is 6.92 Å². The van der Waals surface area contributed by atoms with E-state index >= 15 is 0 Å². The highest BCUT2D eigenvalue weighted by atomic mass is 16.6. The number of ether oxygens (including phenoxy) is 1. The Labute approximate surface area is 111 Å². The lowest BCUT2D eigenvalue weighted by molar-refractivity contribution is -0.384. The Morgan fingerprint density at radius 2 is 2.05 bits per heavy atom. The van der Waals surface area contributed by atoms with Gasteiger partial charge in [0.2, 0.25) is 0 Å². The molecule has 1 aliphatic heterocycles. The van der Waals surface area contributed by atoms with Gasteiger partial charge in [0.25, 0.3) is 5.69 Å². The highest BCUT2D eigenvalue weighted by molar-refractivity contribution is 5.79. The van der Waals surface area contributed by atoms with Crippen LogP contribution in [0.1, 0.15) is 37.7 Å². The van der Waals surface area contributed by atoms with Crippen LogP contribution in [0.3, 0.4) is 0 Å². The quantitative estimate of drug-likeness (QED) is 0.475. The van der Waals surface area contributed by atoms with Gasteiger partial charge in [-0.15, -0.1) is 0 Å². The van der Waals surface area contributed by atoms with Crippen LogP contribution in [-0.2, 0) is 9.53 Å². The molecule has 0 aromatic heterocycles. The maximum atomic E-state index is 11.9. The molecule has 5 heteroatoms. The fourth-order valence-corrected chi connectivity index (χ4v) is 2.65. The molecule has 5 nitrogen and oxygen atoms in total. The van der Waals surface area contributed by atoms with Gasteiger partial charge in [0.15, 0.2) is 0 Å². The Bertz CT molecular complexity index is 467. The minimum atomic E-state index is -0.438. The molecule has 1 aromatic rings. The topological polar surface area (TPSA) is 69.4 Å². The summed E-state index contributed by atoms with van der Waals surface area (Å²) in [5, 5.41) is 10.6. The average Bonchev–Trinajstić information content (AvgIpc) is 2.39. The summed E-state index contributed by atoms with van der Waals surface area (Å²) in [6.45, 7) is 2.57. The first-order valence-electron chi connectivity index (χ1n) is 6.54. The Morgan fingerprint density at radius 1 is 1.37 bits per heavy atom. The average molecular weight is 263 g/mol. The molecular weight excluding hydrogens is 246 g/mol. The molecule has 1 fully saturated rings. The Hall–Kier alpha value is -1.91. The van der Waals surface area contributed by atoms with E-state index in [1.54, 1.807) is 12.1 Å². The van der Waals surface area contributed by atoms with Crippen molar-refractivity contribution in [3.8, 4) is 0 Å². The van der Waals surface area contributed by atoms with E-state index < -0.39 is 4.92 Å². The molecule has 2 atom stereocenters. The van der Waals surface area contributed by atoms with Crippen LogP contribution in [-0.4, -0.2) is 17.5 Å². The molecule has 102 valence electrons. The summed E-state index contributed by atoms with van der Waals surface area (Å²) in [6, 6.07) is 6.22. The second kappa shape index (κ2) is 5.82. The van der Waals surface area contributed by atoms with Crippen LogP contribution in [0.4, 0.5) is 5.69 Å². The first-order valence-corrected chi connectivity index (χ1v) is 6.54. The van der Waals surface area contributed by atoms with Crippen molar-refractivity contribution in [3.63, 3.8) is 0 Å². The lowest BCUT2D eigenvalue weighted by Crippen LogP contribution is -2.30. The van der Waals surface area contributed by atoms with E-state index in [9.17, 15) is 14.9 Å². The maximum Gasteiger partial charge on any atom is 0.313 e. The van der Waals surface area contributed by atoms with Gasteiger partial charge >= 0.3 is 5.97 Å². The Balaban J connectivity index is 2.25. The van der Waals surface area contributed by atoms with Crippen molar-refractivity contribution in [1.29, 1.82) is 0 Å². The number of rotatable bonds is 4. The predicted octanol–water partition coefficient (Wildman–Crippen LogP) is 3.04. The molecule has 0 saturated carbocycles. The highest BCUT2D eigenvalue weighted by Crippen LogP contribution is 2.35. The van der Waals surface area contributed by atoms with Crippen molar-refractivity contribution in [2.75, 3.05) is 6.61 Å². The van der Waals surface area contributed by atoms with Crippen molar-refractivity contribution in [3.05, 3.63) is 39.9 Å². The molecule has 1 aromatic carbocycles. The molecule has 0 unspecified atom stereocenters. The zero-order valence-corrected chi connectivity index (χ0v) is 10.9. The van der Waals surface area contributed by atoms with Gasteiger partial charge in [-0.1, -0.05) is 25.5 Å². The summed E-state index contributed by atoms with van der Waals surface area (Å²) in [5.41, 5.74) is 0.855. The van der Waals surface area contributed by atoms with E-state index in [0.717, 1.165) is 24.8 Å². The molecule has 0 bridgehead atoms. The van der Waals surface area contributed by atoms with Crippen LogP contribution >= 0.6 is 0 Å². The molecule has 0 radical (unpaired) electrons. The lowest BCUT2D eigenvalue weighted by Gasteiger charge is -2.30. The molecule has 19 heavy (non-hydrogen) atoms. The van der Waals surface area contributed by atoms with Gasteiger partial charge in [-0.25, -0.2) is 0 Å². The summed E-state index contributed by atoms with van der Waals surface area (Å²) >= 11 is 0. The number of nitro groups is 1. The third kappa shape index (κ3) is 2.92. The number of nitro benzene ring substituents is 1. The third-order valence-corrected chi connectivity index (χ3v) is 3.58. The second-order valence-corrected chi connectivity index (χ2v) is 4.83. The third-order valence-electron chi connectivity index (χ3n) is 3.58. The van der Waals surface area contributed by atoms with Crippen molar-refractivity contribution in [2.24, 2.45) is 5.92 Å². The molecular formula is C14H17NO4. The van der Waals surface area contributed by atoms with Crippen LogP contribution in [0.25, 0.3) is 0 Å². The number of carbonyl (C=O) groups excluding carboxylic acids is 1. The fourth-order valence-electron chi connectivity index (χ4n) is 2.65. The Kier molecular flexibility index (Phi) is 4.14. The largest absolute Gasteiger partial charge is 0.465 e. The summed E-state index contributed by atoms with van der Waals surface area (Å²) in [4.78, 5) is 22.1. The Morgan fingerprint density at radius 3 is 2.63 bits per heavy atom. The van der Waals surface area contributed by atoms with Crippen molar-refractivity contribution < 1.29 is 14.5 Å². The fraction of sp³-hybridized carbons (Fsp3) is 0.500. The standard InChI is InChI=1S/C14H17NO4/c1-2-3-10-8-9-19-14(16)13(10)11-4-6-12(7-5-11)15(17)18/h4-7,10,13H,2-3,8-9H2,1H3/t10-,13-/m0/s1. The van der Waals surface area contributed by atoms with Gasteiger partial charge in [-0.05, 0) is 24.3 Å². The normalized spacial score (nSPS) is 22.9. The minimum Gasteiger partial charge on any atom is -0.465 e. The molecule has 1 aliphatic rings. The van der Waals surface area contributed by atoms with E-state index in [0.29, 0.717) is 6.61 Å². The number of cyclic esters (lactones) is 1. The van der Waals surface area contributed by atoms with Crippen molar-refractivity contribution >= 4 is 11.7 Å². The maximum absolute atomic E-state index is 11.9. The van der Waals surface area contributed by atoms with Gasteiger partial charge in [0, 0.05) is 12.1 Å². The molecule has 0 amide bonds. The first-order chi connectivity index (χ1) is 9.13. The SMILES string of the molecule is CCC[C@H]1CCOC(=O)[C@@H]1c1ccc([N+](=O)[O-])cc1. The van der Waals surface area contributed by atoms with Crippen LogP contribution in [0, 0.1) is 16.0 Å². The van der Waals surface area contributed by atoms with Crippen LogP contribution < -0.4 is 0 Å². The zero-order chi connectivity index (χ0) is 13.8. The van der Waals surface area contributed by atoms with Crippen LogP contribution in [0.2, 0.25) is 0 Å². The monoisotopic (exact) mass is 263 g/mol. The summed E-state index contributed by atoms with van der Waals surface area (Å²) in [6.07, 6.45) is 2.85. The number of benzene rings is 1. The number of hydrogen-bond acceptors (Lipinski definition) is 4. The summed E-state index contributed by atoms with van der Waals surface area (Å²) in [7, 11) is 0. The van der Waals surface area contributed by atoms with Crippen LogP contribution in [0.15, 0.2) is 24.3 Å². The van der Waals surface area contributed by atoms with Gasteiger partial charge in [-0.2, -0.15) is 0 Å². The number of esters is 1. The van der Waals surface area contributed by atoms with Gasteiger partial charge < -0.3 is 4.74 Å². The molecule has 1 heterocycles. The predicted molar refractivity (Wildman–Crippen MR) is 69.8 cm³/mol. The lowest BCUT2D eigenvalue weighted by atomic mass is 9.80. The second-order valence-electron chi connectivity index (χ2n) is 4.83. The highest BCUT2D eigenvalue weighted by Gasteiger charge is 2.34. The molecule has 2 rings (SSSR count). The van der Waals surface area contributed by atoms with Crippen molar-refractivity contribution in [1.82, 2.24) is 0 Å². The number of nitrogens with zero attached hydrogens (tertiary/aromatic N) is 1. The van der Waals surface area contributed by atoms with E-state index in [4.69, 9.17) is 4.74 Å². The van der Waals surface area contributed by atoms with Gasteiger partial charge in [0.05, 0.1) is 17.4 Å². The molecule has 0 aliphatic carbocycles. The molecule has 1 saturated heterocycles. The number of carbonyl (C=O) groups is 1. The zero-order valence-electron chi connectivity index (χ0n) is 10.9. The van der Waals surface area contributed by atoms with E-state index in [1.807, 2.05) is 0 Å². The van der Waals surface area contributed by atoms with E-state index in [1.165, 1.54) is 12.1 Å². The minimum absolute atomic E-state index is 0.0416. The smallest absolute Gasteiger partial charge is 0.313 e. The summed E-state index contributed by atoms with van der Waals surface area (Å²) < 4.78 is 5.13. The van der Waals surface area contributed by atoms with Crippen LogP contribution in [0.5, 0.6) is 0 Å². The molecule has 0 N–H and O–H groups in total. The number of hydrogen-bond donors (Lipinski definition) is 0. The molecule has 0 spiro atoms. The van der Waals surface area contributed by atoms with Gasteiger partial charge in [-0.3, -0.25) is 14.9 Å². The first kappa shape index (κ1) is 13.5. The van der Waals surface area contributed by atoms with Gasteiger partial charge in [0.1, 0.15) is 0 Å². The van der Waals surface area contributed by atoms with E-state index in [-0.39, 0.29) is 23.5 Å².